The summed E-state index contributed by atoms with van der Waals surface area (Å²) in [7, 11) is 0. The normalized spacial score (nSPS) is 13.0. The van der Waals surface area contributed by atoms with Gasteiger partial charge >= 0.3 is 0 Å². The lowest BCUT2D eigenvalue weighted by atomic mass is 9.87. The van der Waals surface area contributed by atoms with Crippen molar-refractivity contribution in [2.24, 2.45) is 5.73 Å². The van der Waals surface area contributed by atoms with Crippen LogP contribution in [0.2, 0.25) is 0 Å². The molecular formula is C18H22BrNO. The predicted molar refractivity (Wildman–Crippen MR) is 92.0 cm³/mol. The molecule has 2 aromatic carbocycles. The lowest BCUT2D eigenvalue weighted by Gasteiger charge is -2.19. The average Bonchev–Trinajstić information content (AvgIpc) is 2.40. The summed E-state index contributed by atoms with van der Waals surface area (Å²) in [4.78, 5) is 0. The molecule has 0 heterocycles. The van der Waals surface area contributed by atoms with E-state index in [-0.39, 0.29) is 11.5 Å². The summed E-state index contributed by atoms with van der Waals surface area (Å²) < 4.78 is 6.84. The van der Waals surface area contributed by atoms with Gasteiger partial charge < -0.3 is 10.5 Å². The third-order valence-corrected chi connectivity index (χ3v) is 4.05. The van der Waals surface area contributed by atoms with Crippen LogP contribution in [0.4, 0.5) is 0 Å². The van der Waals surface area contributed by atoms with Crippen molar-refractivity contribution in [3.05, 3.63) is 58.1 Å². The molecule has 0 saturated heterocycles. The SMILES string of the molecule is CC(N)c1ccc(Oc2ccc(C(C)(C)C)cc2)c(Br)c1. The quantitative estimate of drug-likeness (QED) is 0.788. The molecule has 1 atom stereocenters. The number of benzene rings is 2. The monoisotopic (exact) mass is 347 g/mol. The molecule has 0 bridgehead atoms. The smallest absolute Gasteiger partial charge is 0.141 e. The van der Waals surface area contributed by atoms with Gasteiger partial charge in [0, 0.05) is 6.04 Å². The van der Waals surface area contributed by atoms with Crippen molar-refractivity contribution in [1.82, 2.24) is 0 Å². The lowest BCUT2D eigenvalue weighted by Crippen LogP contribution is -2.10. The van der Waals surface area contributed by atoms with Crippen LogP contribution in [-0.2, 0) is 5.41 Å². The van der Waals surface area contributed by atoms with Gasteiger partial charge in [-0.3, -0.25) is 0 Å². The van der Waals surface area contributed by atoms with Gasteiger partial charge in [-0.05, 0) is 63.7 Å². The third kappa shape index (κ3) is 4.08. The summed E-state index contributed by atoms with van der Waals surface area (Å²) in [6.45, 7) is 8.57. The zero-order valence-electron chi connectivity index (χ0n) is 13.0. The van der Waals surface area contributed by atoms with E-state index < -0.39 is 0 Å². The van der Waals surface area contributed by atoms with Crippen molar-refractivity contribution < 1.29 is 4.74 Å². The number of hydrogen-bond acceptors (Lipinski definition) is 2. The molecule has 0 spiro atoms. The van der Waals surface area contributed by atoms with Gasteiger partial charge in [0.25, 0.3) is 0 Å². The Balaban J connectivity index is 2.19. The maximum absolute atomic E-state index is 5.92. The Morgan fingerprint density at radius 1 is 1.05 bits per heavy atom. The van der Waals surface area contributed by atoms with Gasteiger partial charge in [-0.15, -0.1) is 0 Å². The van der Waals surface area contributed by atoms with Crippen molar-refractivity contribution in [1.29, 1.82) is 0 Å². The van der Waals surface area contributed by atoms with E-state index in [1.54, 1.807) is 0 Å². The fraction of sp³-hybridized carbons (Fsp3) is 0.333. The molecule has 0 aliphatic rings. The van der Waals surface area contributed by atoms with Crippen molar-refractivity contribution >= 4 is 15.9 Å². The molecule has 0 radical (unpaired) electrons. The highest BCUT2D eigenvalue weighted by Gasteiger charge is 2.13. The zero-order valence-corrected chi connectivity index (χ0v) is 14.6. The highest BCUT2D eigenvalue weighted by atomic mass is 79.9. The second kappa shape index (κ2) is 6.20. The van der Waals surface area contributed by atoms with E-state index in [4.69, 9.17) is 10.5 Å². The molecule has 0 amide bonds. The van der Waals surface area contributed by atoms with Crippen LogP contribution in [0.5, 0.6) is 11.5 Å². The number of nitrogens with two attached hydrogens (primary N) is 1. The Bertz CT molecular complexity index is 612. The molecule has 112 valence electrons. The van der Waals surface area contributed by atoms with Crippen LogP contribution >= 0.6 is 15.9 Å². The van der Waals surface area contributed by atoms with Crippen molar-refractivity contribution in [2.75, 3.05) is 0 Å². The molecule has 0 aliphatic carbocycles. The summed E-state index contributed by atoms with van der Waals surface area (Å²) in [5.41, 5.74) is 8.41. The largest absolute Gasteiger partial charge is 0.456 e. The molecule has 0 saturated carbocycles. The second-order valence-corrected chi connectivity index (χ2v) is 7.21. The molecule has 2 aromatic rings. The average molecular weight is 348 g/mol. The summed E-state index contributed by atoms with van der Waals surface area (Å²) >= 11 is 3.54. The van der Waals surface area contributed by atoms with Crippen LogP contribution in [0, 0.1) is 0 Å². The van der Waals surface area contributed by atoms with Crippen molar-refractivity contribution in [3.63, 3.8) is 0 Å². The molecule has 0 aromatic heterocycles. The highest BCUT2D eigenvalue weighted by molar-refractivity contribution is 9.10. The van der Waals surface area contributed by atoms with Crippen molar-refractivity contribution in [2.45, 2.75) is 39.2 Å². The molecule has 1 unspecified atom stereocenters. The highest BCUT2D eigenvalue weighted by Crippen LogP contribution is 2.32. The van der Waals surface area contributed by atoms with Crippen LogP contribution in [0.3, 0.4) is 0 Å². The van der Waals surface area contributed by atoms with E-state index in [2.05, 4.69) is 48.8 Å². The molecule has 2 nitrogen and oxygen atoms in total. The maximum atomic E-state index is 5.92. The molecule has 0 fully saturated rings. The summed E-state index contributed by atoms with van der Waals surface area (Å²) in [5, 5.41) is 0. The first kappa shape index (κ1) is 16.1. The van der Waals surface area contributed by atoms with Crippen LogP contribution in [0.25, 0.3) is 0 Å². The minimum absolute atomic E-state index is 0.0152. The van der Waals surface area contributed by atoms with Crippen LogP contribution in [0.1, 0.15) is 44.9 Å². The fourth-order valence-corrected chi connectivity index (χ4v) is 2.51. The van der Waals surface area contributed by atoms with Gasteiger partial charge in [-0.25, -0.2) is 0 Å². The summed E-state index contributed by atoms with van der Waals surface area (Å²) in [6.07, 6.45) is 0. The summed E-state index contributed by atoms with van der Waals surface area (Å²) in [5.74, 6) is 1.63. The van der Waals surface area contributed by atoms with Crippen LogP contribution in [-0.4, -0.2) is 0 Å². The standard InChI is InChI=1S/C18H22BrNO/c1-12(20)13-5-10-17(16(19)11-13)21-15-8-6-14(7-9-15)18(2,3)4/h5-12H,20H2,1-4H3. The fourth-order valence-electron chi connectivity index (χ4n) is 2.03. The van der Waals surface area contributed by atoms with Crippen molar-refractivity contribution in [3.8, 4) is 11.5 Å². The Hall–Kier alpha value is -1.32. The van der Waals surface area contributed by atoms with Gasteiger partial charge in [-0.2, -0.15) is 0 Å². The minimum Gasteiger partial charge on any atom is -0.456 e. The van der Waals surface area contributed by atoms with Gasteiger partial charge in [0.15, 0.2) is 0 Å². The topological polar surface area (TPSA) is 35.2 Å². The molecule has 3 heteroatoms. The number of ether oxygens (including phenoxy) is 1. The van der Waals surface area contributed by atoms with Crippen LogP contribution < -0.4 is 10.5 Å². The predicted octanol–water partition coefficient (Wildman–Crippen LogP) is 5.56. The Kier molecular flexibility index (Phi) is 4.74. The molecule has 21 heavy (non-hydrogen) atoms. The van der Waals surface area contributed by atoms with Gasteiger partial charge in [0.05, 0.1) is 4.47 Å². The molecular weight excluding hydrogens is 326 g/mol. The zero-order chi connectivity index (χ0) is 15.6. The minimum atomic E-state index is 0.0152. The second-order valence-electron chi connectivity index (χ2n) is 6.35. The van der Waals surface area contributed by atoms with E-state index in [0.29, 0.717) is 0 Å². The first-order chi connectivity index (χ1) is 9.77. The van der Waals surface area contributed by atoms with E-state index in [9.17, 15) is 0 Å². The van der Waals surface area contributed by atoms with E-state index >= 15 is 0 Å². The maximum Gasteiger partial charge on any atom is 0.141 e. The number of rotatable bonds is 3. The Labute approximate surface area is 135 Å². The number of halogens is 1. The Morgan fingerprint density at radius 3 is 2.14 bits per heavy atom. The molecule has 2 N–H and O–H groups in total. The van der Waals surface area contributed by atoms with E-state index in [1.807, 2.05) is 37.3 Å². The third-order valence-electron chi connectivity index (χ3n) is 3.43. The number of hydrogen-bond donors (Lipinski definition) is 1. The lowest BCUT2D eigenvalue weighted by molar-refractivity contribution is 0.478. The molecule has 2 rings (SSSR count). The Morgan fingerprint density at radius 2 is 1.67 bits per heavy atom. The molecule has 0 aliphatic heterocycles. The summed E-state index contributed by atoms with van der Waals surface area (Å²) in [6, 6.07) is 14.2. The van der Waals surface area contributed by atoms with E-state index in [1.165, 1.54) is 5.56 Å². The van der Waals surface area contributed by atoms with Gasteiger partial charge in [-0.1, -0.05) is 39.0 Å². The first-order valence-corrected chi connectivity index (χ1v) is 7.90. The van der Waals surface area contributed by atoms with Gasteiger partial charge in [0.2, 0.25) is 0 Å². The van der Waals surface area contributed by atoms with Gasteiger partial charge in [0.1, 0.15) is 11.5 Å². The van der Waals surface area contributed by atoms with Crippen LogP contribution in [0.15, 0.2) is 46.9 Å². The first-order valence-electron chi connectivity index (χ1n) is 7.11. The van der Waals surface area contributed by atoms with E-state index in [0.717, 1.165) is 21.5 Å².